The van der Waals surface area contributed by atoms with E-state index in [9.17, 15) is 0 Å². The zero-order valence-corrected chi connectivity index (χ0v) is 15.0. The SMILES string of the molecule is COc1ccc(Nc2cc(NCCC3=CCCCC3)nc(C)n2)cc1. The first kappa shape index (κ1) is 17.3. The maximum Gasteiger partial charge on any atom is 0.136 e. The van der Waals surface area contributed by atoms with Gasteiger partial charge in [-0.15, -0.1) is 0 Å². The van der Waals surface area contributed by atoms with Crippen molar-refractivity contribution in [3.8, 4) is 5.75 Å². The first-order valence-electron chi connectivity index (χ1n) is 8.91. The Bertz CT molecular complexity index is 725. The van der Waals surface area contributed by atoms with Crippen molar-refractivity contribution in [2.24, 2.45) is 0 Å². The quantitative estimate of drug-likeness (QED) is 0.707. The zero-order valence-electron chi connectivity index (χ0n) is 15.0. The molecule has 5 nitrogen and oxygen atoms in total. The molecule has 0 fully saturated rings. The summed E-state index contributed by atoms with van der Waals surface area (Å²) in [6.07, 6.45) is 8.63. The molecular formula is C20H26N4O. The minimum Gasteiger partial charge on any atom is -0.497 e. The standard InChI is InChI=1S/C20H26N4O/c1-15-22-19(21-13-12-16-6-4-3-5-7-16)14-20(23-15)24-17-8-10-18(25-2)11-9-17/h6,8-11,14H,3-5,7,12-13H2,1-2H3,(H2,21,22,23,24). The van der Waals surface area contributed by atoms with Crippen molar-refractivity contribution in [1.82, 2.24) is 9.97 Å². The van der Waals surface area contributed by atoms with E-state index in [-0.39, 0.29) is 0 Å². The van der Waals surface area contributed by atoms with E-state index in [0.717, 1.165) is 41.9 Å². The van der Waals surface area contributed by atoms with Crippen LogP contribution in [0.3, 0.4) is 0 Å². The van der Waals surface area contributed by atoms with Gasteiger partial charge in [0, 0.05) is 18.3 Å². The Balaban J connectivity index is 1.60. The first-order chi connectivity index (χ1) is 12.2. The zero-order chi connectivity index (χ0) is 17.5. The van der Waals surface area contributed by atoms with Crippen LogP contribution in [0, 0.1) is 6.92 Å². The van der Waals surface area contributed by atoms with Gasteiger partial charge in [0.2, 0.25) is 0 Å². The Labute approximate surface area is 149 Å². The van der Waals surface area contributed by atoms with Crippen LogP contribution in [-0.4, -0.2) is 23.6 Å². The average molecular weight is 338 g/mol. The van der Waals surface area contributed by atoms with Crippen LogP contribution in [0.5, 0.6) is 5.75 Å². The van der Waals surface area contributed by atoms with Gasteiger partial charge in [0.25, 0.3) is 0 Å². The number of allylic oxidation sites excluding steroid dienone is 1. The summed E-state index contributed by atoms with van der Waals surface area (Å²) >= 11 is 0. The molecule has 3 rings (SSSR count). The molecule has 1 aliphatic carbocycles. The minimum atomic E-state index is 0.748. The lowest BCUT2D eigenvalue weighted by molar-refractivity contribution is 0.415. The summed E-state index contributed by atoms with van der Waals surface area (Å²) < 4.78 is 5.18. The summed E-state index contributed by atoms with van der Waals surface area (Å²) in [5.41, 5.74) is 2.54. The van der Waals surface area contributed by atoms with Crippen LogP contribution in [0.25, 0.3) is 0 Å². The molecule has 0 spiro atoms. The molecule has 5 heteroatoms. The van der Waals surface area contributed by atoms with Crippen molar-refractivity contribution in [1.29, 1.82) is 0 Å². The molecule has 1 heterocycles. The minimum absolute atomic E-state index is 0.748. The molecule has 0 amide bonds. The first-order valence-corrected chi connectivity index (χ1v) is 8.91. The maximum absolute atomic E-state index is 5.18. The van der Waals surface area contributed by atoms with Gasteiger partial charge in [-0.25, -0.2) is 9.97 Å². The Hall–Kier alpha value is -2.56. The van der Waals surface area contributed by atoms with Gasteiger partial charge in [0.05, 0.1) is 7.11 Å². The average Bonchev–Trinajstić information content (AvgIpc) is 2.63. The van der Waals surface area contributed by atoms with E-state index in [1.807, 2.05) is 37.3 Å². The van der Waals surface area contributed by atoms with Crippen LogP contribution in [0.4, 0.5) is 17.3 Å². The van der Waals surface area contributed by atoms with Crippen molar-refractivity contribution >= 4 is 17.3 Å². The Morgan fingerprint density at radius 3 is 2.60 bits per heavy atom. The van der Waals surface area contributed by atoms with Crippen LogP contribution >= 0.6 is 0 Å². The molecule has 1 aliphatic rings. The van der Waals surface area contributed by atoms with E-state index in [2.05, 4.69) is 26.7 Å². The molecule has 1 aromatic carbocycles. The second-order valence-electron chi connectivity index (χ2n) is 6.32. The Morgan fingerprint density at radius 1 is 1.08 bits per heavy atom. The number of methoxy groups -OCH3 is 1. The molecule has 2 aromatic rings. The number of hydrogen-bond acceptors (Lipinski definition) is 5. The maximum atomic E-state index is 5.18. The van der Waals surface area contributed by atoms with Gasteiger partial charge in [0.1, 0.15) is 23.2 Å². The number of rotatable bonds is 7. The lowest BCUT2D eigenvalue weighted by Crippen LogP contribution is -2.08. The highest BCUT2D eigenvalue weighted by molar-refractivity contribution is 5.60. The fourth-order valence-electron chi connectivity index (χ4n) is 3.03. The monoisotopic (exact) mass is 338 g/mol. The summed E-state index contributed by atoms with van der Waals surface area (Å²) in [6.45, 7) is 2.82. The summed E-state index contributed by atoms with van der Waals surface area (Å²) in [6, 6.07) is 9.74. The highest BCUT2D eigenvalue weighted by Crippen LogP contribution is 2.22. The smallest absolute Gasteiger partial charge is 0.136 e. The van der Waals surface area contributed by atoms with Gasteiger partial charge in [-0.1, -0.05) is 11.6 Å². The number of ether oxygens (including phenoxy) is 1. The van der Waals surface area contributed by atoms with E-state index in [1.165, 1.54) is 25.7 Å². The molecule has 1 aromatic heterocycles. The second kappa shape index (κ2) is 8.51. The lowest BCUT2D eigenvalue weighted by Gasteiger charge is -2.14. The van der Waals surface area contributed by atoms with Crippen molar-refractivity contribution < 1.29 is 4.74 Å². The fourth-order valence-corrected chi connectivity index (χ4v) is 3.03. The molecule has 0 unspecified atom stereocenters. The summed E-state index contributed by atoms with van der Waals surface area (Å²) in [5.74, 6) is 3.23. The van der Waals surface area contributed by atoms with Crippen molar-refractivity contribution in [3.63, 3.8) is 0 Å². The summed E-state index contributed by atoms with van der Waals surface area (Å²) in [5, 5.41) is 6.74. The predicted octanol–water partition coefficient (Wildman–Crippen LogP) is 4.84. The Kier molecular flexibility index (Phi) is 5.88. The molecule has 0 atom stereocenters. The molecule has 2 N–H and O–H groups in total. The van der Waals surface area contributed by atoms with Gasteiger partial charge in [-0.3, -0.25) is 0 Å². The van der Waals surface area contributed by atoms with Crippen molar-refractivity contribution in [2.75, 3.05) is 24.3 Å². The normalized spacial score (nSPS) is 13.9. The van der Waals surface area contributed by atoms with Crippen LogP contribution in [0.2, 0.25) is 0 Å². The Morgan fingerprint density at radius 2 is 1.88 bits per heavy atom. The largest absolute Gasteiger partial charge is 0.497 e. The van der Waals surface area contributed by atoms with Crippen molar-refractivity contribution in [2.45, 2.75) is 39.0 Å². The highest BCUT2D eigenvalue weighted by atomic mass is 16.5. The van der Waals surface area contributed by atoms with Crippen LogP contribution in [0.1, 0.15) is 37.9 Å². The number of anilines is 3. The predicted molar refractivity (Wildman–Crippen MR) is 103 cm³/mol. The molecule has 132 valence electrons. The van der Waals surface area contributed by atoms with Gasteiger partial charge in [-0.2, -0.15) is 0 Å². The van der Waals surface area contributed by atoms with Gasteiger partial charge < -0.3 is 15.4 Å². The van der Waals surface area contributed by atoms with E-state index >= 15 is 0 Å². The number of nitrogens with one attached hydrogen (secondary N) is 2. The second-order valence-corrected chi connectivity index (χ2v) is 6.32. The third-order valence-corrected chi connectivity index (χ3v) is 4.34. The third kappa shape index (κ3) is 5.21. The van der Waals surface area contributed by atoms with Crippen molar-refractivity contribution in [3.05, 3.63) is 47.8 Å². The van der Waals surface area contributed by atoms with E-state index in [1.54, 1.807) is 12.7 Å². The number of aryl methyl sites for hydroxylation is 1. The topological polar surface area (TPSA) is 59.1 Å². The lowest BCUT2D eigenvalue weighted by atomic mass is 9.97. The molecule has 0 saturated heterocycles. The summed E-state index contributed by atoms with van der Waals surface area (Å²) in [4.78, 5) is 8.95. The number of hydrogen-bond donors (Lipinski definition) is 2. The van der Waals surface area contributed by atoms with Crippen LogP contribution < -0.4 is 15.4 Å². The van der Waals surface area contributed by atoms with E-state index < -0.39 is 0 Å². The molecule has 0 aliphatic heterocycles. The molecule has 0 radical (unpaired) electrons. The van der Waals surface area contributed by atoms with E-state index in [0.29, 0.717) is 0 Å². The number of aromatic nitrogens is 2. The summed E-state index contributed by atoms with van der Waals surface area (Å²) in [7, 11) is 1.66. The van der Waals surface area contributed by atoms with Crippen LogP contribution in [0.15, 0.2) is 42.0 Å². The molecule has 0 saturated carbocycles. The third-order valence-electron chi connectivity index (χ3n) is 4.34. The number of benzene rings is 1. The molecule has 25 heavy (non-hydrogen) atoms. The fraction of sp³-hybridized carbons (Fsp3) is 0.400. The van der Waals surface area contributed by atoms with Gasteiger partial charge in [0.15, 0.2) is 0 Å². The van der Waals surface area contributed by atoms with Gasteiger partial charge >= 0.3 is 0 Å². The highest BCUT2D eigenvalue weighted by Gasteiger charge is 2.05. The molecular weight excluding hydrogens is 312 g/mol. The van der Waals surface area contributed by atoms with Gasteiger partial charge in [-0.05, 0) is 63.3 Å². The van der Waals surface area contributed by atoms with Crippen LogP contribution in [-0.2, 0) is 0 Å². The molecule has 0 bridgehead atoms. The van der Waals surface area contributed by atoms with E-state index in [4.69, 9.17) is 4.74 Å². The number of nitrogens with zero attached hydrogens (tertiary/aromatic N) is 2.